The first-order valence-electron chi connectivity index (χ1n) is 8.04. The molecular formula is C19H22N2O2. The Morgan fingerprint density at radius 3 is 2.35 bits per heavy atom. The molecule has 3 rings (SSSR count). The molecule has 1 aliphatic rings. The van der Waals surface area contributed by atoms with E-state index in [4.69, 9.17) is 10.5 Å². The fourth-order valence-corrected chi connectivity index (χ4v) is 3.00. The van der Waals surface area contributed by atoms with Crippen molar-refractivity contribution in [2.24, 2.45) is 5.73 Å². The number of benzene rings is 2. The van der Waals surface area contributed by atoms with Gasteiger partial charge in [0, 0.05) is 12.2 Å². The van der Waals surface area contributed by atoms with Gasteiger partial charge in [0.15, 0.2) is 0 Å². The molecule has 0 spiro atoms. The first kappa shape index (κ1) is 15.6. The number of amides is 1. The number of ether oxygens (including phenoxy) is 1. The van der Waals surface area contributed by atoms with E-state index in [9.17, 15) is 4.79 Å². The minimum Gasteiger partial charge on any atom is -0.492 e. The zero-order valence-electron chi connectivity index (χ0n) is 13.1. The van der Waals surface area contributed by atoms with Gasteiger partial charge in [0.25, 0.3) is 0 Å². The van der Waals surface area contributed by atoms with Gasteiger partial charge in [-0.1, -0.05) is 36.8 Å². The lowest BCUT2D eigenvalue weighted by atomic mass is 9.64. The van der Waals surface area contributed by atoms with Crippen LogP contribution in [0.25, 0.3) is 0 Å². The normalized spacial score (nSPS) is 15.5. The van der Waals surface area contributed by atoms with E-state index in [2.05, 4.69) is 5.32 Å². The van der Waals surface area contributed by atoms with Crippen LogP contribution in [0.5, 0.6) is 5.75 Å². The highest BCUT2D eigenvalue weighted by Gasteiger charge is 2.45. The molecule has 0 aliphatic heterocycles. The van der Waals surface area contributed by atoms with Gasteiger partial charge in [0.05, 0.1) is 5.41 Å². The second-order valence-electron chi connectivity index (χ2n) is 5.92. The fourth-order valence-electron chi connectivity index (χ4n) is 3.00. The molecule has 4 heteroatoms. The van der Waals surface area contributed by atoms with E-state index in [-0.39, 0.29) is 11.3 Å². The molecule has 1 aliphatic carbocycles. The Labute approximate surface area is 136 Å². The zero-order valence-corrected chi connectivity index (χ0v) is 13.1. The second kappa shape index (κ2) is 6.84. The summed E-state index contributed by atoms with van der Waals surface area (Å²) in [5, 5.41) is 3.05. The minimum absolute atomic E-state index is 0.0746. The van der Waals surface area contributed by atoms with Crippen molar-refractivity contribution in [2.75, 3.05) is 18.5 Å². The van der Waals surface area contributed by atoms with E-state index < -0.39 is 0 Å². The Hall–Kier alpha value is -2.33. The third kappa shape index (κ3) is 3.22. The van der Waals surface area contributed by atoms with E-state index in [0.717, 1.165) is 36.3 Å². The Kier molecular flexibility index (Phi) is 4.63. The van der Waals surface area contributed by atoms with Crippen molar-refractivity contribution in [1.29, 1.82) is 0 Å². The monoisotopic (exact) mass is 310 g/mol. The van der Waals surface area contributed by atoms with Gasteiger partial charge in [0.1, 0.15) is 12.4 Å². The van der Waals surface area contributed by atoms with Crippen LogP contribution in [-0.4, -0.2) is 19.1 Å². The molecule has 0 aromatic heterocycles. The lowest BCUT2D eigenvalue weighted by molar-refractivity contribution is -0.124. The standard InChI is InChI=1S/C19H22N2O2/c20-13-14-23-17-9-7-16(8-10-17)21-18(22)19(11-4-12-19)15-5-2-1-3-6-15/h1-3,5-10H,4,11-14,20H2,(H,21,22). The molecular weight excluding hydrogens is 288 g/mol. The molecule has 2 aromatic carbocycles. The first-order valence-corrected chi connectivity index (χ1v) is 8.04. The van der Waals surface area contributed by atoms with Gasteiger partial charge in [-0.3, -0.25) is 4.79 Å². The van der Waals surface area contributed by atoms with E-state index in [1.807, 2.05) is 54.6 Å². The summed E-state index contributed by atoms with van der Waals surface area (Å²) in [5.74, 6) is 0.834. The van der Waals surface area contributed by atoms with Crippen LogP contribution >= 0.6 is 0 Å². The van der Waals surface area contributed by atoms with Gasteiger partial charge in [-0.05, 0) is 42.7 Å². The predicted molar refractivity (Wildman–Crippen MR) is 91.6 cm³/mol. The third-order valence-electron chi connectivity index (χ3n) is 4.47. The van der Waals surface area contributed by atoms with Crippen molar-refractivity contribution < 1.29 is 9.53 Å². The molecule has 4 nitrogen and oxygen atoms in total. The van der Waals surface area contributed by atoms with Crippen molar-refractivity contribution in [3.05, 3.63) is 60.2 Å². The second-order valence-corrected chi connectivity index (χ2v) is 5.92. The van der Waals surface area contributed by atoms with Crippen LogP contribution in [-0.2, 0) is 10.2 Å². The maximum atomic E-state index is 12.8. The summed E-state index contributed by atoms with van der Waals surface area (Å²) in [7, 11) is 0. The van der Waals surface area contributed by atoms with E-state index in [1.165, 1.54) is 0 Å². The van der Waals surface area contributed by atoms with Crippen LogP contribution in [0.2, 0.25) is 0 Å². The zero-order chi connectivity index (χ0) is 16.1. The number of rotatable bonds is 6. The summed E-state index contributed by atoms with van der Waals surface area (Å²) in [5.41, 5.74) is 6.93. The average Bonchev–Trinajstić information content (AvgIpc) is 2.54. The quantitative estimate of drug-likeness (QED) is 0.862. The maximum absolute atomic E-state index is 12.8. The molecule has 0 atom stereocenters. The van der Waals surface area contributed by atoms with Crippen molar-refractivity contribution in [1.82, 2.24) is 0 Å². The molecule has 3 N–H and O–H groups in total. The Balaban J connectivity index is 1.71. The minimum atomic E-state index is -0.379. The molecule has 1 saturated carbocycles. The molecule has 1 amide bonds. The van der Waals surface area contributed by atoms with Crippen molar-refractivity contribution in [3.8, 4) is 5.75 Å². The van der Waals surface area contributed by atoms with Crippen molar-refractivity contribution in [2.45, 2.75) is 24.7 Å². The number of hydrogen-bond donors (Lipinski definition) is 2. The SMILES string of the molecule is NCCOc1ccc(NC(=O)C2(c3ccccc3)CCC2)cc1. The fraction of sp³-hybridized carbons (Fsp3) is 0.316. The van der Waals surface area contributed by atoms with Crippen LogP contribution in [0.3, 0.4) is 0 Å². The van der Waals surface area contributed by atoms with Crippen molar-refractivity contribution >= 4 is 11.6 Å². The summed E-state index contributed by atoms with van der Waals surface area (Å²) in [6, 6.07) is 17.5. The molecule has 120 valence electrons. The number of carbonyl (C=O) groups excluding carboxylic acids is 1. The van der Waals surface area contributed by atoms with Crippen LogP contribution in [0, 0.1) is 0 Å². The van der Waals surface area contributed by atoms with Crippen LogP contribution < -0.4 is 15.8 Å². The van der Waals surface area contributed by atoms with E-state index >= 15 is 0 Å². The van der Waals surface area contributed by atoms with Gasteiger partial charge >= 0.3 is 0 Å². The van der Waals surface area contributed by atoms with Crippen LogP contribution in [0.1, 0.15) is 24.8 Å². The molecule has 0 saturated heterocycles. The maximum Gasteiger partial charge on any atom is 0.235 e. The number of anilines is 1. The van der Waals surface area contributed by atoms with Gasteiger partial charge < -0.3 is 15.8 Å². The Morgan fingerprint density at radius 1 is 1.09 bits per heavy atom. The molecule has 1 fully saturated rings. The average molecular weight is 310 g/mol. The summed E-state index contributed by atoms with van der Waals surface area (Å²) in [4.78, 5) is 12.8. The smallest absolute Gasteiger partial charge is 0.235 e. The first-order chi connectivity index (χ1) is 11.2. The number of carbonyl (C=O) groups is 1. The highest BCUT2D eigenvalue weighted by Crippen LogP contribution is 2.44. The van der Waals surface area contributed by atoms with Crippen LogP contribution in [0.4, 0.5) is 5.69 Å². The predicted octanol–water partition coefficient (Wildman–Crippen LogP) is 3.08. The van der Waals surface area contributed by atoms with Gasteiger partial charge in [-0.25, -0.2) is 0 Å². The lowest BCUT2D eigenvalue weighted by Crippen LogP contribution is -2.45. The lowest BCUT2D eigenvalue weighted by Gasteiger charge is -2.40. The van der Waals surface area contributed by atoms with E-state index in [1.54, 1.807) is 0 Å². The summed E-state index contributed by atoms with van der Waals surface area (Å²) < 4.78 is 5.45. The highest BCUT2D eigenvalue weighted by atomic mass is 16.5. The highest BCUT2D eigenvalue weighted by molar-refractivity contribution is 5.99. The summed E-state index contributed by atoms with van der Waals surface area (Å²) >= 11 is 0. The topological polar surface area (TPSA) is 64.3 Å². The molecule has 0 bridgehead atoms. The summed E-state index contributed by atoms with van der Waals surface area (Å²) in [6.45, 7) is 0.973. The molecule has 2 aromatic rings. The Bertz CT molecular complexity index is 649. The number of nitrogens with one attached hydrogen (secondary N) is 1. The van der Waals surface area contributed by atoms with Gasteiger partial charge in [-0.2, -0.15) is 0 Å². The molecule has 0 radical (unpaired) electrons. The Morgan fingerprint density at radius 2 is 1.78 bits per heavy atom. The summed E-state index contributed by atoms with van der Waals surface area (Å²) in [6.07, 6.45) is 2.90. The van der Waals surface area contributed by atoms with Gasteiger partial charge in [0.2, 0.25) is 5.91 Å². The molecule has 0 unspecified atom stereocenters. The van der Waals surface area contributed by atoms with Crippen LogP contribution in [0.15, 0.2) is 54.6 Å². The molecule has 23 heavy (non-hydrogen) atoms. The largest absolute Gasteiger partial charge is 0.492 e. The number of nitrogens with two attached hydrogens (primary N) is 1. The third-order valence-corrected chi connectivity index (χ3v) is 4.47. The number of hydrogen-bond acceptors (Lipinski definition) is 3. The van der Waals surface area contributed by atoms with E-state index in [0.29, 0.717) is 13.2 Å². The van der Waals surface area contributed by atoms with Crippen molar-refractivity contribution in [3.63, 3.8) is 0 Å². The van der Waals surface area contributed by atoms with Gasteiger partial charge in [-0.15, -0.1) is 0 Å². The molecule has 0 heterocycles.